The van der Waals surface area contributed by atoms with Gasteiger partial charge in [-0.15, -0.1) is 11.3 Å². The lowest BCUT2D eigenvalue weighted by Gasteiger charge is -2.05. The first-order valence-corrected chi connectivity index (χ1v) is 8.08. The zero-order valence-electron chi connectivity index (χ0n) is 11.6. The third kappa shape index (κ3) is 2.25. The van der Waals surface area contributed by atoms with Gasteiger partial charge in [-0.3, -0.25) is 4.79 Å². The molecule has 0 radical (unpaired) electrons. The Labute approximate surface area is 127 Å². The number of carbonyl (C=O) groups is 1. The quantitative estimate of drug-likeness (QED) is 0.761. The molecule has 106 valence electrons. The zero-order valence-corrected chi connectivity index (χ0v) is 12.4. The number of hydrogen-bond acceptors (Lipinski definition) is 2. The summed E-state index contributed by atoms with van der Waals surface area (Å²) >= 11 is 1.84. The highest BCUT2D eigenvalue weighted by molar-refractivity contribution is 7.12. The summed E-state index contributed by atoms with van der Waals surface area (Å²) in [5.41, 5.74) is 3.10. The van der Waals surface area contributed by atoms with E-state index in [0.717, 1.165) is 10.9 Å². The van der Waals surface area contributed by atoms with Gasteiger partial charge < -0.3 is 10.3 Å². The summed E-state index contributed by atoms with van der Waals surface area (Å²) in [6.07, 6.45) is 5.55. The van der Waals surface area contributed by atoms with E-state index in [1.54, 1.807) is 0 Å². The lowest BCUT2D eigenvalue weighted by molar-refractivity contribution is 0.0953. The van der Waals surface area contributed by atoms with Gasteiger partial charge in [0.1, 0.15) is 0 Å². The molecule has 1 aromatic carbocycles. The number of amides is 1. The predicted molar refractivity (Wildman–Crippen MR) is 85.8 cm³/mol. The van der Waals surface area contributed by atoms with Crippen molar-refractivity contribution in [2.24, 2.45) is 0 Å². The second kappa shape index (κ2) is 5.04. The Morgan fingerprint density at radius 3 is 3.14 bits per heavy atom. The molecule has 21 heavy (non-hydrogen) atoms. The topological polar surface area (TPSA) is 44.9 Å². The Balaban J connectivity index is 1.51. The first kappa shape index (κ1) is 12.7. The third-order valence-corrected chi connectivity index (χ3v) is 5.29. The van der Waals surface area contributed by atoms with Crippen LogP contribution in [0, 0.1) is 0 Å². The van der Waals surface area contributed by atoms with Crippen LogP contribution in [-0.2, 0) is 19.4 Å². The number of nitrogens with one attached hydrogen (secondary N) is 2. The standard InChI is InChI=1S/C17H16N2OS/c20-17(14-5-1-3-11-7-8-18-16(11)14)19-10-13-9-12-4-2-6-15(12)21-13/h1,3,5,7-9,18H,2,4,6,10H2,(H,19,20). The number of fused-ring (bicyclic) bond motifs is 2. The molecule has 1 aliphatic carbocycles. The summed E-state index contributed by atoms with van der Waals surface area (Å²) in [4.78, 5) is 18.3. The molecule has 2 heterocycles. The predicted octanol–water partition coefficient (Wildman–Crippen LogP) is 3.65. The molecule has 4 rings (SSSR count). The lowest BCUT2D eigenvalue weighted by atomic mass is 10.1. The molecular formula is C17H16N2OS. The number of H-pyrrole nitrogens is 1. The molecule has 3 aromatic rings. The molecule has 0 unspecified atom stereocenters. The van der Waals surface area contributed by atoms with Crippen molar-refractivity contribution < 1.29 is 4.79 Å². The number of aromatic amines is 1. The third-order valence-electron chi connectivity index (χ3n) is 4.05. The number of aromatic nitrogens is 1. The maximum atomic E-state index is 12.4. The van der Waals surface area contributed by atoms with Gasteiger partial charge in [-0.05, 0) is 43.0 Å². The summed E-state index contributed by atoms with van der Waals surface area (Å²) in [7, 11) is 0. The summed E-state index contributed by atoms with van der Waals surface area (Å²) in [5, 5.41) is 4.10. The van der Waals surface area contributed by atoms with E-state index in [2.05, 4.69) is 16.4 Å². The Morgan fingerprint density at radius 2 is 2.24 bits per heavy atom. The van der Waals surface area contributed by atoms with E-state index in [4.69, 9.17) is 0 Å². The highest BCUT2D eigenvalue weighted by atomic mass is 32.1. The summed E-state index contributed by atoms with van der Waals surface area (Å²) in [6.45, 7) is 0.619. The van der Waals surface area contributed by atoms with E-state index in [-0.39, 0.29) is 5.91 Å². The van der Waals surface area contributed by atoms with Gasteiger partial charge in [-0.25, -0.2) is 0 Å². The van der Waals surface area contributed by atoms with Crippen LogP contribution >= 0.6 is 11.3 Å². The van der Waals surface area contributed by atoms with Crippen LogP contribution in [0.3, 0.4) is 0 Å². The minimum Gasteiger partial charge on any atom is -0.361 e. The van der Waals surface area contributed by atoms with E-state index in [1.165, 1.54) is 34.6 Å². The molecular weight excluding hydrogens is 280 g/mol. The number of aryl methyl sites for hydroxylation is 2. The monoisotopic (exact) mass is 296 g/mol. The maximum Gasteiger partial charge on any atom is 0.253 e. The number of benzene rings is 1. The van der Waals surface area contributed by atoms with Crippen LogP contribution in [0.1, 0.15) is 32.1 Å². The van der Waals surface area contributed by atoms with Gasteiger partial charge in [0, 0.05) is 21.3 Å². The molecule has 0 aliphatic heterocycles. The average Bonchev–Trinajstić information content (AvgIpc) is 3.18. The van der Waals surface area contributed by atoms with Crippen molar-refractivity contribution in [3.8, 4) is 0 Å². The Bertz CT molecular complexity index is 794. The van der Waals surface area contributed by atoms with Crippen molar-refractivity contribution in [2.75, 3.05) is 0 Å². The van der Waals surface area contributed by atoms with Gasteiger partial charge in [0.15, 0.2) is 0 Å². The van der Waals surface area contributed by atoms with Crippen LogP contribution in [0.15, 0.2) is 36.5 Å². The number of thiophene rings is 1. The van der Waals surface area contributed by atoms with E-state index >= 15 is 0 Å². The molecule has 1 aliphatic rings. The number of hydrogen-bond donors (Lipinski definition) is 2. The van der Waals surface area contributed by atoms with Gasteiger partial charge in [-0.1, -0.05) is 12.1 Å². The Kier molecular flexibility index (Phi) is 3.04. The molecule has 0 spiro atoms. The molecule has 0 fully saturated rings. The SMILES string of the molecule is O=C(NCc1cc2c(s1)CCC2)c1cccc2cc[nH]c12. The molecule has 1 amide bonds. The smallest absolute Gasteiger partial charge is 0.253 e. The minimum absolute atomic E-state index is 0.0170. The van der Waals surface area contributed by atoms with E-state index in [1.807, 2.05) is 41.8 Å². The highest BCUT2D eigenvalue weighted by Gasteiger charge is 2.16. The number of rotatable bonds is 3. The van der Waals surface area contributed by atoms with Crippen LogP contribution in [0.5, 0.6) is 0 Å². The minimum atomic E-state index is -0.0170. The van der Waals surface area contributed by atoms with Crippen molar-refractivity contribution in [2.45, 2.75) is 25.8 Å². The second-order valence-electron chi connectivity index (χ2n) is 5.44. The number of carbonyl (C=O) groups excluding carboxylic acids is 1. The summed E-state index contributed by atoms with van der Waals surface area (Å²) in [5.74, 6) is -0.0170. The lowest BCUT2D eigenvalue weighted by Crippen LogP contribution is -2.22. The molecule has 0 saturated heterocycles. The summed E-state index contributed by atoms with van der Waals surface area (Å²) < 4.78 is 0. The van der Waals surface area contributed by atoms with Crippen LogP contribution in [-0.4, -0.2) is 10.9 Å². The van der Waals surface area contributed by atoms with Gasteiger partial charge >= 0.3 is 0 Å². The van der Waals surface area contributed by atoms with Gasteiger partial charge in [0.2, 0.25) is 0 Å². The molecule has 2 aromatic heterocycles. The second-order valence-corrected chi connectivity index (χ2v) is 6.67. The highest BCUT2D eigenvalue weighted by Crippen LogP contribution is 2.30. The first-order chi connectivity index (χ1) is 10.3. The number of para-hydroxylation sites is 1. The van der Waals surface area contributed by atoms with Gasteiger partial charge in [0.05, 0.1) is 17.6 Å². The fourth-order valence-electron chi connectivity index (χ4n) is 3.01. The van der Waals surface area contributed by atoms with Crippen LogP contribution in [0.4, 0.5) is 0 Å². The first-order valence-electron chi connectivity index (χ1n) is 7.26. The van der Waals surface area contributed by atoms with Crippen molar-refractivity contribution in [3.63, 3.8) is 0 Å². The van der Waals surface area contributed by atoms with Crippen molar-refractivity contribution >= 4 is 28.1 Å². The van der Waals surface area contributed by atoms with Crippen LogP contribution in [0.25, 0.3) is 10.9 Å². The largest absolute Gasteiger partial charge is 0.361 e. The Morgan fingerprint density at radius 1 is 1.29 bits per heavy atom. The van der Waals surface area contributed by atoms with Gasteiger partial charge in [-0.2, -0.15) is 0 Å². The molecule has 0 bridgehead atoms. The fourth-order valence-corrected chi connectivity index (χ4v) is 4.22. The van der Waals surface area contributed by atoms with E-state index in [9.17, 15) is 4.79 Å². The average molecular weight is 296 g/mol. The summed E-state index contributed by atoms with van der Waals surface area (Å²) in [6, 6.07) is 10.0. The fraction of sp³-hybridized carbons (Fsp3) is 0.235. The van der Waals surface area contributed by atoms with Crippen molar-refractivity contribution in [3.05, 3.63) is 57.4 Å². The Hall–Kier alpha value is -2.07. The van der Waals surface area contributed by atoms with E-state index < -0.39 is 0 Å². The van der Waals surface area contributed by atoms with Crippen molar-refractivity contribution in [1.82, 2.24) is 10.3 Å². The van der Waals surface area contributed by atoms with E-state index in [0.29, 0.717) is 12.1 Å². The zero-order chi connectivity index (χ0) is 14.2. The maximum absolute atomic E-state index is 12.4. The molecule has 2 N–H and O–H groups in total. The van der Waals surface area contributed by atoms with Gasteiger partial charge in [0.25, 0.3) is 5.91 Å². The molecule has 3 nitrogen and oxygen atoms in total. The molecule has 0 saturated carbocycles. The molecule has 0 atom stereocenters. The van der Waals surface area contributed by atoms with Crippen LogP contribution < -0.4 is 5.32 Å². The van der Waals surface area contributed by atoms with Crippen molar-refractivity contribution in [1.29, 1.82) is 0 Å². The molecule has 4 heteroatoms. The normalized spacial score (nSPS) is 13.5. The van der Waals surface area contributed by atoms with Crippen LogP contribution in [0.2, 0.25) is 0 Å².